The van der Waals surface area contributed by atoms with Crippen LogP contribution in [0.15, 0.2) is 66.9 Å². The average molecular weight is 530 g/mol. The van der Waals surface area contributed by atoms with Crippen LogP contribution in [-0.4, -0.2) is 43.6 Å². The number of carbonyl (C=O) groups is 1. The van der Waals surface area contributed by atoms with E-state index in [0.717, 1.165) is 52.9 Å². The van der Waals surface area contributed by atoms with Crippen molar-refractivity contribution in [3.05, 3.63) is 72.4 Å². The van der Waals surface area contributed by atoms with E-state index in [9.17, 15) is 18.0 Å². The van der Waals surface area contributed by atoms with Gasteiger partial charge in [-0.15, -0.1) is 0 Å². The van der Waals surface area contributed by atoms with Crippen LogP contribution in [0, 0.1) is 11.8 Å². The number of aromatic amines is 1. The minimum atomic E-state index is -4.51. The molecule has 5 aromatic rings. The maximum Gasteiger partial charge on any atom is 0.418 e. The summed E-state index contributed by atoms with van der Waals surface area (Å²) in [6, 6.07) is 18.0. The van der Waals surface area contributed by atoms with Crippen LogP contribution < -0.4 is 0 Å². The normalized spacial score (nSPS) is 17.9. The van der Waals surface area contributed by atoms with E-state index in [4.69, 9.17) is 4.98 Å². The molecule has 6 nitrogen and oxygen atoms in total. The molecule has 0 spiro atoms. The molecule has 2 fully saturated rings. The SMILES string of the molecule is O=C(C1CC1)N1CCC(Cn2c(-c3ccc(-c4ccc5cn[nH]c5c4)cc3)nc3cccc(C(F)(F)F)c32)C1. The number of aromatic nitrogens is 4. The topological polar surface area (TPSA) is 66.8 Å². The molecule has 0 radical (unpaired) electrons. The Hall–Kier alpha value is -4.14. The van der Waals surface area contributed by atoms with Gasteiger partial charge in [-0.3, -0.25) is 9.89 Å². The molecule has 198 valence electrons. The Labute approximate surface area is 222 Å². The lowest BCUT2D eigenvalue weighted by Gasteiger charge is -2.19. The molecule has 9 heteroatoms. The molecule has 2 aliphatic rings. The highest BCUT2D eigenvalue weighted by molar-refractivity contribution is 5.86. The number of likely N-dealkylation sites (tertiary alicyclic amines) is 1. The zero-order valence-electron chi connectivity index (χ0n) is 21.1. The Bertz CT molecular complexity index is 1700. The highest BCUT2D eigenvalue weighted by atomic mass is 19.4. The number of hydrogen-bond acceptors (Lipinski definition) is 3. The predicted molar refractivity (Wildman–Crippen MR) is 143 cm³/mol. The number of carbonyl (C=O) groups excluding carboxylic acids is 1. The van der Waals surface area contributed by atoms with Gasteiger partial charge in [0.25, 0.3) is 0 Å². The molecular weight excluding hydrogens is 503 g/mol. The van der Waals surface area contributed by atoms with E-state index in [2.05, 4.69) is 10.2 Å². The number of imidazole rings is 1. The molecular formula is C30H26F3N5O. The van der Waals surface area contributed by atoms with Crippen molar-refractivity contribution in [1.82, 2.24) is 24.6 Å². The summed E-state index contributed by atoms with van der Waals surface area (Å²) in [6.07, 6.45) is -0.0878. The van der Waals surface area contributed by atoms with E-state index in [1.54, 1.807) is 16.8 Å². The summed E-state index contributed by atoms with van der Waals surface area (Å²) < 4.78 is 44.1. The molecule has 1 aliphatic heterocycles. The van der Waals surface area contributed by atoms with Gasteiger partial charge >= 0.3 is 6.18 Å². The average Bonchev–Trinajstić information content (AvgIpc) is 3.32. The fraction of sp³-hybridized carbons (Fsp3) is 0.300. The first-order valence-electron chi connectivity index (χ1n) is 13.2. The predicted octanol–water partition coefficient (Wildman–Crippen LogP) is 6.52. The van der Waals surface area contributed by atoms with E-state index >= 15 is 0 Å². The summed E-state index contributed by atoms with van der Waals surface area (Å²) in [4.78, 5) is 19.2. The highest BCUT2D eigenvalue weighted by Gasteiger charge is 2.38. The van der Waals surface area contributed by atoms with Crippen molar-refractivity contribution in [3.63, 3.8) is 0 Å². The van der Waals surface area contributed by atoms with Crippen LogP contribution in [0.5, 0.6) is 0 Å². The lowest BCUT2D eigenvalue weighted by atomic mass is 10.0. The van der Waals surface area contributed by atoms with E-state index < -0.39 is 11.7 Å². The van der Waals surface area contributed by atoms with Crippen LogP contribution in [0.4, 0.5) is 13.2 Å². The standard InChI is InChI=1S/C30H26F3N5O/c31-30(32,33)24-2-1-3-25-27(24)38(17-18-12-13-37(16-18)29(39)21-8-9-21)28(35-25)20-6-4-19(5-7-20)22-10-11-23-15-34-36-26(23)14-22/h1-7,10-11,14-15,18,21H,8-9,12-13,16-17H2,(H,34,36). The molecule has 3 aromatic carbocycles. The number of hydrogen-bond donors (Lipinski definition) is 1. The molecule has 1 saturated heterocycles. The number of H-pyrrole nitrogens is 1. The minimum Gasteiger partial charge on any atom is -0.342 e. The number of nitrogens with one attached hydrogen (secondary N) is 1. The van der Waals surface area contributed by atoms with Crippen LogP contribution in [0.1, 0.15) is 24.8 Å². The van der Waals surface area contributed by atoms with Crippen LogP contribution in [0.2, 0.25) is 0 Å². The van der Waals surface area contributed by atoms with Gasteiger partial charge in [0.1, 0.15) is 5.82 Å². The molecule has 1 atom stereocenters. The van der Waals surface area contributed by atoms with Gasteiger partial charge in [0.2, 0.25) is 5.91 Å². The summed E-state index contributed by atoms with van der Waals surface area (Å²) in [6.45, 7) is 1.59. The van der Waals surface area contributed by atoms with Crippen molar-refractivity contribution in [2.24, 2.45) is 11.8 Å². The number of nitrogens with zero attached hydrogens (tertiary/aromatic N) is 4. The molecule has 1 saturated carbocycles. The molecule has 39 heavy (non-hydrogen) atoms. The molecule has 7 rings (SSSR count). The molecule has 1 amide bonds. The molecule has 3 heterocycles. The van der Waals surface area contributed by atoms with Gasteiger partial charge < -0.3 is 9.47 Å². The Kier molecular flexibility index (Phi) is 5.50. The second-order valence-corrected chi connectivity index (χ2v) is 10.7. The molecule has 1 N–H and O–H groups in total. The number of alkyl halides is 3. The first-order chi connectivity index (χ1) is 18.8. The van der Waals surface area contributed by atoms with Gasteiger partial charge in [-0.2, -0.15) is 18.3 Å². The maximum atomic E-state index is 14.1. The molecule has 2 aromatic heterocycles. The van der Waals surface area contributed by atoms with Crippen LogP contribution in [0.3, 0.4) is 0 Å². The highest BCUT2D eigenvalue weighted by Crippen LogP contribution is 2.39. The van der Waals surface area contributed by atoms with Crippen molar-refractivity contribution >= 4 is 27.8 Å². The number of amides is 1. The third kappa shape index (κ3) is 4.35. The first kappa shape index (κ1) is 23.9. The summed E-state index contributed by atoms with van der Waals surface area (Å²) in [5.74, 6) is 0.889. The van der Waals surface area contributed by atoms with Crippen LogP contribution in [0.25, 0.3) is 44.5 Å². The van der Waals surface area contributed by atoms with Gasteiger partial charge in [-0.05, 0) is 54.5 Å². The lowest BCUT2D eigenvalue weighted by Crippen LogP contribution is -2.30. The monoisotopic (exact) mass is 529 g/mol. The third-order valence-corrected chi connectivity index (χ3v) is 7.96. The fourth-order valence-corrected chi connectivity index (χ4v) is 5.77. The Morgan fingerprint density at radius 1 is 0.974 bits per heavy atom. The summed E-state index contributed by atoms with van der Waals surface area (Å²) >= 11 is 0. The second kappa shape index (κ2) is 8.97. The summed E-state index contributed by atoms with van der Waals surface area (Å²) in [5.41, 5.74) is 3.40. The van der Waals surface area contributed by atoms with Crippen molar-refractivity contribution in [2.45, 2.75) is 32.0 Å². The largest absolute Gasteiger partial charge is 0.418 e. The summed E-state index contributed by atoms with van der Waals surface area (Å²) in [7, 11) is 0. The quantitative estimate of drug-likeness (QED) is 0.282. The Balaban J connectivity index is 1.27. The zero-order chi connectivity index (χ0) is 26.7. The van der Waals surface area contributed by atoms with Gasteiger partial charge in [-0.1, -0.05) is 42.5 Å². The number of para-hydroxylation sites is 1. The lowest BCUT2D eigenvalue weighted by molar-refractivity contribution is -0.136. The van der Waals surface area contributed by atoms with E-state index in [1.165, 1.54) is 6.07 Å². The van der Waals surface area contributed by atoms with Gasteiger partial charge in [0.15, 0.2) is 0 Å². The van der Waals surface area contributed by atoms with Gasteiger partial charge in [-0.25, -0.2) is 4.98 Å². The Morgan fingerprint density at radius 2 is 1.74 bits per heavy atom. The van der Waals surface area contributed by atoms with E-state index in [0.29, 0.717) is 31.0 Å². The zero-order valence-corrected chi connectivity index (χ0v) is 21.1. The fourth-order valence-electron chi connectivity index (χ4n) is 5.77. The third-order valence-electron chi connectivity index (χ3n) is 7.96. The smallest absolute Gasteiger partial charge is 0.342 e. The van der Waals surface area contributed by atoms with Crippen LogP contribution in [-0.2, 0) is 17.5 Å². The number of fused-ring (bicyclic) bond motifs is 2. The number of halogens is 3. The van der Waals surface area contributed by atoms with Gasteiger partial charge in [0, 0.05) is 36.5 Å². The molecule has 1 unspecified atom stereocenters. The van der Waals surface area contributed by atoms with E-state index in [-0.39, 0.29) is 23.3 Å². The van der Waals surface area contributed by atoms with E-state index in [1.807, 2.05) is 47.4 Å². The maximum absolute atomic E-state index is 14.1. The number of rotatable bonds is 5. The van der Waals surface area contributed by atoms with Crippen molar-refractivity contribution < 1.29 is 18.0 Å². The van der Waals surface area contributed by atoms with Crippen molar-refractivity contribution in [3.8, 4) is 22.5 Å². The minimum absolute atomic E-state index is 0.0607. The summed E-state index contributed by atoms with van der Waals surface area (Å²) in [5, 5.41) is 8.08. The number of benzene rings is 3. The van der Waals surface area contributed by atoms with Crippen molar-refractivity contribution in [2.75, 3.05) is 13.1 Å². The molecule has 0 bridgehead atoms. The second-order valence-electron chi connectivity index (χ2n) is 10.7. The Morgan fingerprint density at radius 3 is 2.51 bits per heavy atom. The van der Waals surface area contributed by atoms with Crippen LogP contribution >= 0.6 is 0 Å². The first-order valence-corrected chi connectivity index (χ1v) is 13.2. The van der Waals surface area contributed by atoms with Crippen molar-refractivity contribution in [1.29, 1.82) is 0 Å². The molecule has 1 aliphatic carbocycles. The van der Waals surface area contributed by atoms with Gasteiger partial charge in [0.05, 0.1) is 28.3 Å².